The number of amides is 1. The van der Waals surface area contributed by atoms with E-state index in [9.17, 15) is 15.0 Å². The minimum absolute atomic E-state index is 0.0268. The highest BCUT2D eigenvalue weighted by Crippen LogP contribution is 2.33. The molecule has 2 aromatic heterocycles. The SMILES string of the molecule is CCNC(=O)C1OC(n2cnc3c(NCC(c4ccccc4)c4ccccc4)nc(Cl)nc32)C(O)C1O. The van der Waals surface area contributed by atoms with E-state index in [0.29, 0.717) is 30.1 Å². The highest BCUT2D eigenvalue weighted by atomic mass is 35.5. The van der Waals surface area contributed by atoms with Gasteiger partial charge in [0.05, 0.1) is 6.33 Å². The lowest BCUT2D eigenvalue weighted by molar-refractivity contribution is -0.137. The van der Waals surface area contributed by atoms with E-state index < -0.39 is 30.4 Å². The summed E-state index contributed by atoms with van der Waals surface area (Å²) in [6, 6.07) is 20.3. The van der Waals surface area contributed by atoms with Crippen LogP contribution in [0.25, 0.3) is 11.2 Å². The molecule has 3 heterocycles. The molecule has 4 aromatic rings. The molecule has 1 aliphatic heterocycles. The number of imidazole rings is 1. The number of halogens is 1. The second kappa shape index (κ2) is 10.8. The number of nitrogens with zero attached hydrogens (tertiary/aromatic N) is 4. The third-order valence-corrected chi connectivity index (χ3v) is 6.56. The Labute approximate surface area is 218 Å². The molecule has 4 N–H and O–H groups in total. The van der Waals surface area contributed by atoms with Crippen molar-refractivity contribution in [2.75, 3.05) is 18.4 Å². The van der Waals surface area contributed by atoms with Gasteiger partial charge in [0.25, 0.3) is 5.91 Å². The van der Waals surface area contributed by atoms with E-state index in [2.05, 4.69) is 49.9 Å². The summed E-state index contributed by atoms with van der Waals surface area (Å²) in [5.41, 5.74) is 2.98. The Bertz CT molecular complexity index is 1330. The fourth-order valence-corrected chi connectivity index (χ4v) is 4.74. The molecule has 192 valence electrons. The third-order valence-electron chi connectivity index (χ3n) is 6.39. The third kappa shape index (κ3) is 5.01. The first-order chi connectivity index (χ1) is 18.0. The molecule has 0 bridgehead atoms. The Morgan fingerprint density at radius 3 is 2.32 bits per heavy atom. The van der Waals surface area contributed by atoms with Crippen molar-refractivity contribution in [3.05, 3.63) is 83.4 Å². The van der Waals surface area contributed by atoms with Crippen LogP contribution in [0.2, 0.25) is 5.28 Å². The van der Waals surface area contributed by atoms with E-state index in [0.717, 1.165) is 11.1 Å². The van der Waals surface area contributed by atoms with Crippen LogP contribution in [0, 0.1) is 0 Å². The topological polar surface area (TPSA) is 134 Å². The predicted octanol–water partition coefficient (Wildman–Crippen LogP) is 2.48. The van der Waals surface area contributed by atoms with E-state index in [1.54, 1.807) is 6.92 Å². The lowest BCUT2D eigenvalue weighted by atomic mass is 9.91. The summed E-state index contributed by atoms with van der Waals surface area (Å²) in [5.74, 6) is -0.0657. The Balaban J connectivity index is 1.44. The number of carbonyl (C=O) groups excluding carboxylic acids is 1. The van der Waals surface area contributed by atoms with Crippen molar-refractivity contribution in [1.29, 1.82) is 0 Å². The molecule has 0 saturated carbocycles. The maximum absolute atomic E-state index is 12.3. The van der Waals surface area contributed by atoms with Gasteiger partial charge < -0.3 is 25.6 Å². The number of nitrogens with one attached hydrogen (secondary N) is 2. The van der Waals surface area contributed by atoms with Crippen molar-refractivity contribution < 1.29 is 19.7 Å². The number of ether oxygens (including phenoxy) is 1. The van der Waals surface area contributed by atoms with Crippen LogP contribution in [0.5, 0.6) is 0 Å². The van der Waals surface area contributed by atoms with Crippen LogP contribution < -0.4 is 10.6 Å². The van der Waals surface area contributed by atoms with Crippen molar-refractivity contribution in [2.24, 2.45) is 0 Å². The number of rotatable bonds is 8. The number of hydrogen-bond acceptors (Lipinski definition) is 8. The Kier molecular flexibility index (Phi) is 7.33. The van der Waals surface area contributed by atoms with Gasteiger partial charge in [-0.2, -0.15) is 9.97 Å². The van der Waals surface area contributed by atoms with Crippen LogP contribution in [-0.4, -0.2) is 67.0 Å². The molecule has 0 aliphatic carbocycles. The zero-order valence-corrected chi connectivity index (χ0v) is 20.8. The van der Waals surface area contributed by atoms with Crippen LogP contribution in [0.3, 0.4) is 0 Å². The maximum atomic E-state index is 12.3. The number of aliphatic hydroxyl groups excluding tert-OH is 2. The van der Waals surface area contributed by atoms with E-state index in [-0.39, 0.29) is 11.2 Å². The minimum atomic E-state index is -1.42. The largest absolute Gasteiger partial charge is 0.387 e. The average Bonchev–Trinajstić information content (AvgIpc) is 3.46. The van der Waals surface area contributed by atoms with Crippen LogP contribution in [0.1, 0.15) is 30.2 Å². The molecule has 10 nitrogen and oxygen atoms in total. The van der Waals surface area contributed by atoms with Gasteiger partial charge in [-0.25, -0.2) is 4.98 Å². The Morgan fingerprint density at radius 2 is 1.70 bits per heavy atom. The zero-order chi connectivity index (χ0) is 25.9. The highest BCUT2D eigenvalue weighted by molar-refractivity contribution is 6.28. The van der Waals surface area contributed by atoms with E-state index in [1.165, 1.54) is 10.9 Å². The van der Waals surface area contributed by atoms with Gasteiger partial charge in [0.2, 0.25) is 5.28 Å². The number of benzene rings is 2. The highest BCUT2D eigenvalue weighted by Gasteiger charge is 2.47. The summed E-state index contributed by atoms with van der Waals surface area (Å²) >= 11 is 6.27. The lowest BCUT2D eigenvalue weighted by Crippen LogP contribution is -2.42. The number of carbonyl (C=O) groups is 1. The fourth-order valence-electron chi connectivity index (χ4n) is 4.58. The molecule has 0 spiro atoms. The summed E-state index contributed by atoms with van der Waals surface area (Å²) in [4.78, 5) is 25.4. The standard InChI is InChI=1S/C26H27ClN6O4/c1-2-28-24(36)21-19(34)20(35)25(37-21)33-14-30-18-22(31-26(27)32-23(18)33)29-13-17(15-9-5-3-6-10-15)16-11-7-4-8-12-16/h3-12,14,17,19-21,25,34-35H,2,13H2,1H3,(H,28,36)(H,29,31,32). The smallest absolute Gasteiger partial charge is 0.252 e. The van der Waals surface area contributed by atoms with Crippen LogP contribution in [0.4, 0.5) is 5.82 Å². The van der Waals surface area contributed by atoms with E-state index in [1.807, 2.05) is 36.4 Å². The van der Waals surface area contributed by atoms with Crippen LogP contribution >= 0.6 is 11.6 Å². The van der Waals surface area contributed by atoms with Gasteiger partial charge in [-0.05, 0) is 29.7 Å². The van der Waals surface area contributed by atoms with Crippen molar-refractivity contribution in [3.63, 3.8) is 0 Å². The Hall–Kier alpha value is -3.57. The molecule has 1 fully saturated rings. The molecule has 1 saturated heterocycles. The molecule has 4 unspecified atom stereocenters. The molecule has 2 aromatic carbocycles. The van der Waals surface area contributed by atoms with Gasteiger partial charge in [0.15, 0.2) is 29.3 Å². The van der Waals surface area contributed by atoms with Crippen LogP contribution in [0.15, 0.2) is 67.0 Å². The Morgan fingerprint density at radius 1 is 1.05 bits per heavy atom. The number of likely N-dealkylation sites (N-methyl/N-ethyl adjacent to an activating group) is 1. The molecule has 1 aliphatic rings. The first kappa shape index (κ1) is 25.1. The maximum Gasteiger partial charge on any atom is 0.252 e. The average molecular weight is 523 g/mol. The summed E-state index contributed by atoms with van der Waals surface area (Å²) in [7, 11) is 0. The normalized spacial score (nSPS) is 21.4. The van der Waals surface area contributed by atoms with Crippen molar-refractivity contribution in [1.82, 2.24) is 24.8 Å². The van der Waals surface area contributed by atoms with Crippen LogP contribution in [-0.2, 0) is 9.53 Å². The minimum Gasteiger partial charge on any atom is -0.387 e. The molecular formula is C26H27ClN6O4. The number of aromatic nitrogens is 4. The summed E-state index contributed by atoms with van der Waals surface area (Å²) in [6.45, 7) is 2.62. The number of fused-ring (bicyclic) bond motifs is 1. The van der Waals surface area contributed by atoms with Crippen molar-refractivity contribution >= 4 is 34.5 Å². The number of hydrogen-bond donors (Lipinski definition) is 4. The van der Waals surface area contributed by atoms with E-state index >= 15 is 0 Å². The quantitative estimate of drug-likeness (QED) is 0.259. The van der Waals surface area contributed by atoms with Crippen molar-refractivity contribution in [2.45, 2.75) is 37.4 Å². The first-order valence-electron chi connectivity index (χ1n) is 12.0. The molecule has 5 rings (SSSR count). The summed E-state index contributed by atoms with van der Waals surface area (Å²) < 4.78 is 7.18. The molecular weight excluding hydrogens is 496 g/mol. The molecule has 0 radical (unpaired) electrons. The summed E-state index contributed by atoms with van der Waals surface area (Å²) in [5, 5.41) is 27.0. The molecule has 4 atom stereocenters. The molecule has 1 amide bonds. The molecule has 11 heteroatoms. The number of aliphatic hydroxyl groups is 2. The second-order valence-electron chi connectivity index (χ2n) is 8.74. The lowest BCUT2D eigenvalue weighted by Gasteiger charge is -2.19. The van der Waals surface area contributed by atoms with Gasteiger partial charge in [0.1, 0.15) is 12.2 Å². The van der Waals surface area contributed by atoms with Crippen molar-refractivity contribution in [3.8, 4) is 0 Å². The second-order valence-corrected chi connectivity index (χ2v) is 9.08. The predicted molar refractivity (Wildman–Crippen MR) is 138 cm³/mol. The van der Waals surface area contributed by atoms with Gasteiger partial charge in [0, 0.05) is 19.0 Å². The number of anilines is 1. The van der Waals surface area contributed by atoms with Gasteiger partial charge in [-0.15, -0.1) is 0 Å². The van der Waals surface area contributed by atoms with Gasteiger partial charge >= 0.3 is 0 Å². The zero-order valence-electron chi connectivity index (χ0n) is 20.0. The monoisotopic (exact) mass is 522 g/mol. The fraction of sp³-hybridized carbons (Fsp3) is 0.308. The van der Waals surface area contributed by atoms with Gasteiger partial charge in [-0.3, -0.25) is 9.36 Å². The molecule has 37 heavy (non-hydrogen) atoms. The van der Waals surface area contributed by atoms with Gasteiger partial charge in [-0.1, -0.05) is 60.7 Å². The van der Waals surface area contributed by atoms with E-state index in [4.69, 9.17) is 16.3 Å². The summed E-state index contributed by atoms with van der Waals surface area (Å²) in [6.07, 6.45) is -3.69. The first-order valence-corrected chi connectivity index (χ1v) is 12.4.